The maximum absolute atomic E-state index is 11.1. The van der Waals surface area contributed by atoms with Crippen molar-refractivity contribution in [3.05, 3.63) is 66.2 Å². The highest BCUT2D eigenvalue weighted by Crippen LogP contribution is 2.29. The largest absolute Gasteiger partial charge is 0.478 e. The zero-order chi connectivity index (χ0) is 22.1. The van der Waals surface area contributed by atoms with Crippen LogP contribution in [0.4, 0.5) is 5.95 Å². The smallest absolute Gasteiger partial charge is 0.335 e. The van der Waals surface area contributed by atoms with Gasteiger partial charge in [0, 0.05) is 36.4 Å². The van der Waals surface area contributed by atoms with Gasteiger partial charge in [0.2, 0.25) is 5.95 Å². The molecular weight excluding hydrogens is 404 g/mol. The van der Waals surface area contributed by atoms with Gasteiger partial charge in [0.1, 0.15) is 0 Å². The van der Waals surface area contributed by atoms with Gasteiger partial charge in [-0.05, 0) is 43.0 Å². The Hall–Kier alpha value is -3.81. The Balaban J connectivity index is 1.31. The average molecular weight is 428 g/mol. The van der Waals surface area contributed by atoms with Crippen LogP contribution in [0.15, 0.2) is 55.1 Å². The first kappa shape index (κ1) is 20.1. The van der Waals surface area contributed by atoms with Gasteiger partial charge in [-0.1, -0.05) is 19.1 Å². The molecule has 0 atom stereocenters. The molecule has 8 nitrogen and oxygen atoms in total. The first-order valence-electron chi connectivity index (χ1n) is 10.8. The van der Waals surface area contributed by atoms with Gasteiger partial charge in [-0.2, -0.15) is 5.10 Å². The van der Waals surface area contributed by atoms with Crippen LogP contribution in [0.3, 0.4) is 0 Å². The second-order valence-electron chi connectivity index (χ2n) is 8.06. The number of hydrogen-bond donors (Lipinski definition) is 1. The molecule has 0 amide bonds. The molecule has 0 unspecified atom stereocenters. The molecule has 4 aromatic rings. The summed E-state index contributed by atoms with van der Waals surface area (Å²) in [6.45, 7) is 3.88. The van der Waals surface area contributed by atoms with E-state index in [2.05, 4.69) is 36.6 Å². The molecule has 1 aliphatic heterocycles. The lowest BCUT2D eigenvalue weighted by Gasteiger charge is -2.32. The minimum Gasteiger partial charge on any atom is -0.478 e. The molecule has 1 N–H and O–H groups in total. The van der Waals surface area contributed by atoms with Crippen molar-refractivity contribution in [1.82, 2.24) is 24.7 Å². The lowest BCUT2D eigenvalue weighted by atomic mass is 10.0. The van der Waals surface area contributed by atoms with Gasteiger partial charge >= 0.3 is 5.97 Å². The summed E-state index contributed by atoms with van der Waals surface area (Å²) in [5.41, 5.74) is 4.11. The van der Waals surface area contributed by atoms with Crippen LogP contribution < -0.4 is 4.90 Å². The van der Waals surface area contributed by atoms with E-state index >= 15 is 0 Å². The Bertz CT molecular complexity index is 1240. The normalized spacial score (nSPS) is 14.7. The third-order valence-corrected chi connectivity index (χ3v) is 6.10. The Morgan fingerprint density at radius 2 is 1.75 bits per heavy atom. The number of carboxylic acid groups (broad SMARTS) is 1. The molecule has 1 fully saturated rings. The summed E-state index contributed by atoms with van der Waals surface area (Å²) in [6, 6.07) is 9.08. The monoisotopic (exact) mass is 428 g/mol. The lowest BCUT2D eigenvalue weighted by Crippen LogP contribution is -2.36. The molecule has 8 heteroatoms. The fraction of sp³-hybridized carbons (Fsp3) is 0.292. The molecule has 5 rings (SSSR count). The molecule has 0 bridgehead atoms. The van der Waals surface area contributed by atoms with Crippen LogP contribution in [-0.2, 0) is 6.42 Å². The van der Waals surface area contributed by atoms with Crippen LogP contribution in [0.2, 0.25) is 0 Å². The predicted octanol–water partition coefficient (Wildman–Crippen LogP) is 3.99. The Morgan fingerprint density at radius 3 is 2.41 bits per heavy atom. The summed E-state index contributed by atoms with van der Waals surface area (Å²) in [7, 11) is 0. The fourth-order valence-corrected chi connectivity index (χ4v) is 4.18. The molecule has 1 saturated heterocycles. The number of aromatic nitrogens is 5. The number of piperidine rings is 1. The summed E-state index contributed by atoms with van der Waals surface area (Å²) in [4.78, 5) is 26.9. The second-order valence-corrected chi connectivity index (χ2v) is 8.06. The van der Waals surface area contributed by atoms with E-state index in [1.54, 1.807) is 24.3 Å². The van der Waals surface area contributed by atoms with Gasteiger partial charge < -0.3 is 10.0 Å². The quantitative estimate of drug-likeness (QED) is 0.513. The third-order valence-electron chi connectivity index (χ3n) is 6.10. The Labute approximate surface area is 185 Å². The van der Waals surface area contributed by atoms with E-state index < -0.39 is 5.97 Å². The number of rotatable bonds is 5. The van der Waals surface area contributed by atoms with Crippen LogP contribution in [0.1, 0.15) is 41.7 Å². The molecule has 0 aliphatic carbocycles. The SMILES string of the molecule is CCc1cnc(N2CCC(n3ncc4cc(-c5ccc(C(=O)O)cc5)ncc43)CC2)nc1. The zero-order valence-electron chi connectivity index (χ0n) is 17.8. The van der Waals surface area contributed by atoms with Crippen molar-refractivity contribution in [1.29, 1.82) is 0 Å². The van der Waals surface area contributed by atoms with Crippen molar-refractivity contribution in [2.75, 3.05) is 18.0 Å². The zero-order valence-corrected chi connectivity index (χ0v) is 17.8. The fourth-order valence-electron chi connectivity index (χ4n) is 4.18. The van der Waals surface area contributed by atoms with Crippen molar-refractivity contribution < 1.29 is 9.90 Å². The van der Waals surface area contributed by atoms with E-state index in [0.29, 0.717) is 6.04 Å². The molecule has 162 valence electrons. The van der Waals surface area contributed by atoms with Crippen LogP contribution in [-0.4, -0.2) is 48.9 Å². The number of aromatic carboxylic acids is 1. The maximum Gasteiger partial charge on any atom is 0.335 e. The predicted molar refractivity (Wildman–Crippen MR) is 122 cm³/mol. The van der Waals surface area contributed by atoms with E-state index in [1.807, 2.05) is 30.9 Å². The van der Waals surface area contributed by atoms with Gasteiger partial charge in [-0.3, -0.25) is 9.67 Å². The number of carboxylic acids is 1. The number of carbonyl (C=O) groups is 1. The molecule has 0 spiro atoms. The highest BCUT2D eigenvalue weighted by atomic mass is 16.4. The minimum absolute atomic E-state index is 0.265. The summed E-state index contributed by atoms with van der Waals surface area (Å²) >= 11 is 0. The Kier molecular flexibility index (Phi) is 5.26. The molecule has 4 heterocycles. The molecule has 1 aromatic carbocycles. The number of nitrogens with zero attached hydrogens (tertiary/aromatic N) is 6. The second kappa shape index (κ2) is 8.37. The minimum atomic E-state index is -0.933. The van der Waals surface area contributed by atoms with Crippen molar-refractivity contribution in [3.8, 4) is 11.3 Å². The number of pyridine rings is 1. The molecular formula is C24H24N6O2. The van der Waals surface area contributed by atoms with Crippen molar-refractivity contribution in [3.63, 3.8) is 0 Å². The maximum atomic E-state index is 11.1. The highest BCUT2D eigenvalue weighted by Gasteiger charge is 2.24. The lowest BCUT2D eigenvalue weighted by molar-refractivity contribution is 0.0697. The van der Waals surface area contributed by atoms with Crippen LogP contribution in [0, 0.1) is 0 Å². The van der Waals surface area contributed by atoms with Gasteiger partial charge in [0.25, 0.3) is 0 Å². The number of anilines is 1. The molecule has 1 aliphatic rings. The first-order chi connectivity index (χ1) is 15.6. The van der Waals surface area contributed by atoms with E-state index in [9.17, 15) is 4.79 Å². The number of aryl methyl sites for hydroxylation is 1. The van der Waals surface area contributed by atoms with Crippen LogP contribution >= 0.6 is 0 Å². The van der Waals surface area contributed by atoms with Gasteiger partial charge in [0.15, 0.2) is 0 Å². The molecule has 0 saturated carbocycles. The standard InChI is InChI=1S/C24H24N6O2/c1-2-16-12-26-24(27-13-16)29-9-7-20(8-10-29)30-22-15-25-21(11-19(22)14-28-30)17-3-5-18(6-4-17)23(31)32/h3-6,11-15,20H,2,7-10H2,1H3,(H,31,32). The highest BCUT2D eigenvalue weighted by molar-refractivity contribution is 5.88. The number of benzene rings is 1. The van der Waals surface area contributed by atoms with E-state index in [1.165, 1.54) is 0 Å². The van der Waals surface area contributed by atoms with Gasteiger partial charge in [-0.25, -0.2) is 14.8 Å². The summed E-state index contributed by atoms with van der Waals surface area (Å²) in [6.07, 6.45) is 10.4. The summed E-state index contributed by atoms with van der Waals surface area (Å²) in [5.74, 6) is -0.136. The average Bonchev–Trinajstić information content (AvgIpc) is 3.27. The van der Waals surface area contributed by atoms with Crippen molar-refractivity contribution in [2.24, 2.45) is 0 Å². The molecule has 3 aromatic heterocycles. The van der Waals surface area contributed by atoms with E-state index in [0.717, 1.165) is 66.0 Å². The van der Waals surface area contributed by atoms with Crippen LogP contribution in [0.5, 0.6) is 0 Å². The summed E-state index contributed by atoms with van der Waals surface area (Å²) in [5, 5.41) is 14.8. The number of fused-ring (bicyclic) bond motifs is 1. The molecule has 32 heavy (non-hydrogen) atoms. The van der Waals surface area contributed by atoms with Crippen molar-refractivity contribution >= 4 is 22.8 Å². The first-order valence-corrected chi connectivity index (χ1v) is 10.8. The summed E-state index contributed by atoms with van der Waals surface area (Å²) < 4.78 is 2.08. The van der Waals surface area contributed by atoms with Crippen LogP contribution in [0.25, 0.3) is 22.2 Å². The Morgan fingerprint density at radius 1 is 1.03 bits per heavy atom. The topological polar surface area (TPSA) is 97.0 Å². The molecule has 0 radical (unpaired) electrons. The van der Waals surface area contributed by atoms with E-state index in [4.69, 9.17) is 5.11 Å². The number of hydrogen-bond acceptors (Lipinski definition) is 6. The van der Waals surface area contributed by atoms with E-state index in [-0.39, 0.29) is 5.56 Å². The van der Waals surface area contributed by atoms with Gasteiger partial charge in [0.05, 0.1) is 35.2 Å². The van der Waals surface area contributed by atoms with Gasteiger partial charge in [-0.15, -0.1) is 0 Å². The van der Waals surface area contributed by atoms with Crippen molar-refractivity contribution in [2.45, 2.75) is 32.2 Å². The third kappa shape index (κ3) is 3.79.